The molecule has 6 N–H and O–H groups in total. The third kappa shape index (κ3) is 3.87. The summed E-state index contributed by atoms with van der Waals surface area (Å²) in [4.78, 5) is 16.3. The van der Waals surface area contributed by atoms with Crippen molar-refractivity contribution in [3.05, 3.63) is 25.0 Å². The minimum Gasteiger partial charge on any atom is -0.394 e. The van der Waals surface area contributed by atoms with Gasteiger partial charge in [0.15, 0.2) is 17.7 Å². The minimum atomic E-state index is -1.01. The Balaban J connectivity index is 1.47. The third-order valence-corrected chi connectivity index (χ3v) is 4.91. The largest absolute Gasteiger partial charge is 0.394 e. The van der Waals surface area contributed by atoms with Crippen LogP contribution in [0.15, 0.2) is 25.0 Å². The molecule has 4 heterocycles. The fraction of sp³-hybridized carbons (Fsp3) is 0.529. The Morgan fingerprint density at radius 1 is 1.21 bits per heavy atom. The standard InChI is InChI=1S/C17H24N8O4/c18-14-11-15(23-17(19)22-14)25(9-21-11)16-13(12(27)10(7-26)29-16)28-6-2-1-4-24-5-3-20-8-24/h3,5,8-10,12-13,16,26-27H,1-2,4,6-7H2,(H4,18,19,22,23)/t10-,12-,13-,16-/m1/s1. The van der Waals surface area contributed by atoms with E-state index in [0.717, 1.165) is 19.4 Å². The molecule has 0 aromatic carbocycles. The van der Waals surface area contributed by atoms with Gasteiger partial charge in [0.05, 0.1) is 19.3 Å². The van der Waals surface area contributed by atoms with Crippen LogP contribution in [0.2, 0.25) is 0 Å². The highest BCUT2D eigenvalue weighted by Crippen LogP contribution is 2.34. The van der Waals surface area contributed by atoms with E-state index in [0.29, 0.717) is 17.8 Å². The first kappa shape index (κ1) is 19.5. The molecule has 1 saturated heterocycles. The number of hydrogen-bond acceptors (Lipinski definition) is 10. The molecule has 1 aliphatic rings. The smallest absolute Gasteiger partial charge is 0.224 e. The van der Waals surface area contributed by atoms with E-state index in [-0.39, 0.29) is 18.4 Å². The molecular weight excluding hydrogens is 380 g/mol. The lowest BCUT2D eigenvalue weighted by atomic mass is 10.1. The van der Waals surface area contributed by atoms with Gasteiger partial charge in [0.1, 0.15) is 23.8 Å². The van der Waals surface area contributed by atoms with Gasteiger partial charge < -0.3 is 35.7 Å². The summed E-state index contributed by atoms with van der Waals surface area (Å²) in [5.41, 5.74) is 12.3. The summed E-state index contributed by atoms with van der Waals surface area (Å²) in [6.07, 6.45) is 5.32. The molecular formula is C17H24N8O4. The molecule has 4 rings (SSSR count). The molecule has 0 saturated carbocycles. The maximum absolute atomic E-state index is 10.6. The highest BCUT2D eigenvalue weighted by atomic mass is 16.6. The van der Waals surface area contributed by atoms with Crippen LogP contribution >= 0.6 is 0 Å². The van der Waals surface area contributed by atoms with Crippen molar-refractivity contribution in [1.29, 1.82) is 0 Å². The van der Waals surface area contributed by atoms with E-state index in [1.165, 1.54) is 6.33 Å². The van der Waals surface area contributed by atoms with Gasteiger partial charge in [-0.05, 0) is 12.8 Å². The second-order valence-electron chi connectivity index (χ2n) is 6.87. The van der Waals surface area contributed by atoms with Crippen LogP contribution in [-0.4, -0.2) is 70.8 Å². The van der Waals surface area contributed by atoms with Crippen molar-refractivity contribution in [2.24, 2.45) is 0 Å². The Morgan fingerprint density at radius 3 is 2.83 bits per heavy atom. The van der Waals surface area contributed by atoms with Gasteiger partial charge in [0.25, 0.3) is 0 Å². The van der Waals surface area contributed by atoms with Crippen molar-refractivity contribution in [1.82, 2.24) is 29.1 Å². The molecule has 0 bridgehead atoms. The molecule has 1 aliphatic heterocycles. The van der Waals surface area contributed by atoms with Gasteiger partial charge in [-0.2, -0.15) is 9.97 Å². The zero-order valence-electron chi connectivity index (χ0n) is 15.7. The zero-order valence-corrected chi connectivity index (χ0v) is 15.7. The van der Waals surface area contributed by atoms with E-state index in [2.05, 4.69) is 19.9 Å². The van der Waals surface area contributed by atoms with Crippen LogP contribution in [0.4, 0.5) is 11.8 Å². The predicted molar refractivity (Wildman–Crippen MR) is 102 cm³/mol. The minimum absolute atomic E-state index is 0.00553. The van der Waals surface area contributed by atoms with Crippen LogP contribution in [-0.2, 0) is 16.0 Å². The lowest BCUT2D eigenvalue weighted by Crippen LogP contribution is -2.35. The number of anilines is 2. The van der Waals surface area contributed by atoms with E-state index in [1.807, 2.05) is 10.8 Å². The molecule has 1 fully saturated rings. The Bertz CT molecular complexity index is 946. The third-order valence-electron chi connectivity index (χ3n) is 4.91. The van der Waals surface area contributed by atoms with Gasteiger partial charge in [-0.25, -0.2) is 9.97 Å². The van der Waals surface area contributed by atoms with Gasteiger partial charge in [0, 0.05) is 25.5 Å². The number of aliphatic hydroxyl groups is 2. The summed E-state index contributed by atoms with van der Waals surface area (Å²) in [5, 5.41) is 20.1. The Hall–Kier alpha value is -2.80. The molecule has 29 heavy (non-hydrogen) atoms. The summed E-state index contributed by atoms with van der Waals surface area (Å²) >= 11 is 0. The second-order valence-corrected chi connectivity index (χ2v) is 6.87. The van der Waals surface area contributed by atoms with Gasteiger partial charge in [-0.1, -0.05) is 0 Å². The van der Waals surface area contributed by atoms with E-state index in [9.17, 15) is 10.2 Å². The van der Waals surface area contributed by atoms with Crippen molar-refractivity contribution in [2.75, 3.05) is 24.7 Å². The zero-order chi connectivity index (χ0) is 20.4. The SMILES string of the molecule is Nc1nc(N)c2ncn([C@@H]3O[C@H](CO)[C@@H](O)[C@H]3OCCCCn3ccnc3)c2n1. The number of nitrogens with zero attached hydrogens (tertiary/aromatic N) is 6. The molecule has 3 aromatic rings. The number of unbranched alkanes of at least 4 members (excludes halogenated alkanes) is 1. The van der Waals surface area contributed by atoms with Crippen LogP contribution in [0.25, 0.3) is 11.2 Å². The maximum atomic E-state index is 10.6. The molecule has 0 aliphatic carbocycles. The van der Waals surface area contributed by atoms with Crippen LogP contribution in [0.3, 0.4) is 0 Å². The fourth-order valence-electron chi connectivity index (χ4n) is 3.45. The van der Waals surface area contributed by atoms with Gasteiger partial charge in [0.2, 0.25) is 5.95 Å². The van der Waals surface area contributed by atoms with Crippen molar-refractivity contribution >= 4 is 22.9 Å². The topological polar surface area (TPSA) is 172 Å². The van der Waals surface area contributed by atoms with E-state index >= 15 is 0 Å². The van der Waals surface area contributed by atoms with Crippen LogP contribution < -0.4 is 11.5 Å². The number of hydrogen-bond donors (Lipinski definition) is 4. The van der Waals surface area contributed by atoms with E-state index in [1.54, 1.807) is 17.1 Å². The highest BCUT2D eigenvalue weighted by Gasteiger charge is 2.45. The molecule has 0 spiro atoms. The highest BCUT2D eigenvalue weighted by molar-refractivity contribution is 5.82. The van der Waals surface area contributed by atoms with Crippen molar-refractivity contribution < 1.29 is 19.7 Å². The molecule has 0 unspecified atom stereocenters. The fourth-order valence-corrected chi connectivity index (χ4v) is 3.45. The normalized spacial score (nSPS) is 24.5. The molecule has 0 radical (unpaired) electrons. The monoisotopic (exact) mass is 404 g/mol. The summed E-state index contributed by atoms with van der Waals surface area (Å²) in [7, 11) is 0. The second kappa shape index (κ2) is 8.29. The number of aliphatic hydroxyl groups excluding tert-OH is 2. The number of aromatic nitrogens is 6. The van der Waals surface area contributed by atoms with Crippen LogP contribution in [0.1, 0.15) is 19.1 Å². The van der Waals surface area contributed by atoms with Gasteiger partial charge >= 0.3 is 0 Å². The van der Waals surface area contributed by atoms with Gasteiger partial charge in [-0.3, -0.25) is 4.57 Å². The van der Waals surface area contributed by atoms with Crippen molar-refractivity contribution in [3.63, 3.8) is 0 Å². The number of nitrogen functional groups attached to an aromatic ring is 2. The number of ether oxygens (including phenoxy) is 2. The number of aryl methyl sites for hydroxylation is 1. The summed E-state index contributed by atoms with van der Waals surface area (Å²) < 4.78 is 15.4. The number of nitrogens with two attached hydrogens (primary N) is 2. The van der Waals surface area contributed by atoms with E-state index < -0.39 is 24.5 Å². The molecule has 0 amide bonds. The van der Waals surface area contributed by atoms with Crippen LogP contribution in [0, 0.1) is 0 Å². The number of rotatable bonds is 8. The lowest BCUT2D eigenvalue weighted by molar-refractivity contribution is -0.0711. The van der Waals surface area contributed by atoms with Gasteiger partial charge in [-0.15, -0.1) is 0 Å². The molecule has 3 aromatic heterocycles. The van der Waals surface area contributed by atoms with Crippen LogP contribution in [0.5, 0.6) is 0 Å². The first-order chi connectivity index (χ1) is 14.1. The van der Waals surface area contributed by atoms with E-state index in [4.69, 9.17) is 20.9 Å². The first-order valence-electron chi connectivity index (χ1n) is 9.35. The summed E-state index contributed by atoms with van der Waals surface area (Å²) in [6.45, 7) is 0.905. The van der Waals surface area contributed by atoms with Crippen molar-refractivity contribution in [3.8, 4) is 0 Å². The predicted octanol–water partition coefficient (Wildman–Crippen LogP) is -0.697. The summed E-state index contributed by atoms with van der Waals surface area (Å²) in [6, 6.07) is 0. The molecule has 4 atom stereocenters. The Kier molecular flexibility index (Phi) is 5.58. The Labute approximate surface area is 166 Å². The van der Waals surface area contributed by atoms with Crippen molar-refractivity contribution in [2.45, 2.75) is 43.9 Å². The average molecular weight is 404 g/mol. The molecule has 156 valence electrons. The molecule has 12 nitrogen and oxygen atoms in total. The molecule has 12 heteroatoms. The average Bonchev–Trinajstić information content (AvgIpc) is 3.41. The quantitative estimate of drug-likeness (QED) is 0.352. The number of imidazole rings is 2. The number of fused-ring (bicyclic) bond motifs is 1. The Morgan fingerprint density at radius 2 is 2.07 bits per heavy atom. The lowest BCUT2D eigenvalue weighted by Gasteiger charge is -2.22. The summed E-state index contributed by atoms with van der Waals surface area (Å²) in [5.74, 6) is 0.159. The maximum Gasteiger partial charge on any atom is 0.224 e. The first-order valence-corrected chi connectivity index (χ1v) is 9.35.